The molecule has 6 heteroatoms. The molecule has 0 bridgehead atoms. The molecule has 0 fully saturated rings. The van der Waals surface area contributed by atoms with Gasteiger partial charge in [0.05, 0.1) is 25.5 Å². The van der Waals surface area contributed by atoms with Crippen LogP contribution in [0.15, 0.2) is 36.4 Å². The summed E-state index contributed by atoms with van der Waals surface area (Å²) in [5, 5.41) is 12.4. The van der Waals surface area contributed by atoms with Crippen LogP contribution in [0.1, 0.15) is 10.4 Å². The number of aromatic hydroxyl groups is 1. The van der Waals surface area contributed by atoms with E-state index in [0.717, 1.165) is 0 Å². The molecule has 0 saturated heterocycles. The van der Waals surface area contributed by atoms with Crippen LogP contribution in [0.4, 0.5) is 11.4 Å². The average Bonchev–Trinajstić information content (AvgIpc) is 2.49. The highest BCUT2D eigenvalue weighted by Gasteiger charge is 2.13. The third kappa shape index (κ3) is 3.17. The van der Waals surface area contributed by atoms with Gasteiger partial charge in [0.15, 0.2) is 0 Å². The van der Waals surface area contributed by atoms with Crippen molar-refractivity contribution < 1.29 is 19.4 Å². The first-order chi connectivity index (χ1) is 10.0. The number of hydrogen-bond donors (Lipinski definition) is 3. The number of carbonyl (C=O) groups excluding carboxylic acids is 1. The van der Waals surface area contributed by atoms with Crippen molar-refractivity contribution in [3.8, 4) is 17.2 Å². The zero-order valence-electron chi connectivity index (χ0n) is 11.7. The molecule has 2 aromatic rings. The molecule has 0 unspecified atom stereocenters. The van der Waals surface area contributed by atoms with Gasteiger partial charge in [-0.15, -0.1) is 0 Å². The Morgan fingerprint density at radius 3 is 2.38 bits per heavy atom. The van der Waals surface area contributed by atoms with Gasteiger partial charge >= 0.3 is 0 Å². The highest BCUT2D eigenvalue weighted by molar-refractivity contribution is 6.08. The molecule has 0 aliphatic carbocycles. The predicted octanol–water partition coefficient (Wildman–Crippen LogP) is 2.24. The lowest BCUT2D eigenvalue weighted by Gasteiger charge is -2.11. The highest BCUT2D eigenvalue weighted by Crippen LogP contribution is 2.29. The van der Waals surface area contributed by atoms with Gasteiger partial charge < -0.3 is 25.6 Å². The summed E-state index contributed by atoms with van der Waals surface area (Å²) in [6, 6.07) is 9.31. The summed E-state index contributed by atoms with van der Waals surface area (Å²) in [5.41, 5.74) is 6.60. The number of benzene rings is 2. The van der Waals surface area contributed by atoms with Crippen LogP contribution in [0, 0.1) is 0 Å². The van der Waals surface area contributed by atoms with E-state index in [4.69, 9.17) is 15.2 Å². The SMILES string of the molecule is COc1ccc(O)c(NC(=O)c2cc(OC)ccc2N)c1. The van der Waals surface area contributed by atoms with E-state index in [1.165, 1.54) is 32.4 Å². The van der Waals surface area contributed by atoms with E-state index >= 15 is 0 Å². The van der Waals surface area contributed by atoms with E-state index in [9.17, 15) is 9.90 Å². The Hall–Kier alpha value is -2.89. The van der Waals surface area contributed by atoms with Crippen molar-refractivity contribution in [3.63, 3.8) is 0 Å². The Labute approximate surface area is 122 Å². The number of amides is 1. The summed E-state index contributed by atoms with van der Waals surface area (Å²) in [5.74, 6) is 0.520. The maximum Gasteiger partial charge on any atom is 0.257 e. The zero-order chi connectivity index (χ0) is 15.4. The second-order valence-electron chi connectivity index (χ2n) is 4.29. The smallest absolute Gasteiger partial charge is 0.257 e. The minimum absolute atomic E-state index is 0.0642. The van der Waals surface area contributed by atoms with Crippen LogP contribution in [-0.2, 0) is 0 Å². The van der Waals surface area contributed by atoms with Crippen molar-refractivity contribution in [2.24, 2.45) is 0 Å². The molecule has 0 radical (unpaired) electrons. The normalized spacial score (nSPS) is 10.0. The number of carbonyl (C=O) groups is 1. The maximum absolute atomic E-state index is 12.3. The molecule has 0 spiro atoms. The van der Waals surface area contributed by atoms with Crippen LogP contribution < -0.4 is 20.5 Å². The number of nitrogens with two attached hydrogens (primary N) is 1. The van der Waals surface area contributed by atoms with E-state index < -0.39 is 5.91 Å². The molecule has 1 amide bonds. The van der Waals surface area contributed by atoms with Gasteiger partial charge in [0.1, 0.15) is 17.2 Å². The number of nitrogen functional groups attached to an aromatic ring is 1. The van der Waals surface area contributed by atoms with Gasteiger partial charge in [-0.25, -0.2) is 0 Å². The lowest BCUT2D eigenvalue weighted by atomic mass is 10.1. The number of nitrogens with one attached hydrogen (secondary N) is 1. The topological polar surface area (TPSA) is 93.8 Å². The van der Waals surface area contributed by atoms with Crippen molar-refractivity contribution in [2.45, 2.75) is 0 Å². The first-order valence-electron chi connectivity index (χ1n) is 6.17. The van der Waals surface area contributed by atoms with E-state index in [1.807, 2.05) is 0 Å². The number of phenolic OH excluding ortho intramolecular Hbond substituents is 1. The summed E-state index contributed by atoms with van der Waals surface area (Å²) >= 11 is 0. The molecule has 0 atom stereocenters. The van der Waals surface area contributed by atoms with E-state index in [-0.39, 0.29) is 17.0 Å². The van der Waals surface area contributed by atoms with Gasteiger partial charge in [-0.1, -0.05) is 0 Å². The van der Waals surface area contributed by atoms with Gasteiger partial charge in [-0.05, 0) is 30.3 Å². The predicted molar refractivity (Wildman–Crippen MR) is 80.0 cm³/mol. The van der Waals surface area contributed by atoms with Gasteiger partial charge in [0, 0.05) is 11.8 Å². The fourth-order valence-corrected chi connectivity index (χ4v) is 1.79. The van der Waals surface area contributed by atoms with Crippen molar-refractivity contribution in [1.29, 1.82) is 0 Å². The molecule has 4 N–H and O–H groups in total. The number of rotatable bonds is 4. The molecule has 6 nitrogen and oxygen atoms in total. The summed E-state index contributed by atoms with van der Waals surface area (Å²) in [7, 11) is 3.00. The van der Waals surface area contributed by atoms with Crippen molar-refractivity contribution >= 4 is 17.3 Å². The third-order valence-corrected chi connectivity index (χ3v) is 2.96. The number of ether oxygens (including phenoxy) is 2. The molecule has 2 aromatic carbocycles. The Kier molecular flexibility index (Phi) is 4.18. The minimum Gasteiger partial charge on any atom is -0.506 e. The minimum atomic E-state index is -0.449. The monoisotopic (exact) mass is 288 g/mol. The van der Waals surface area contributed by atoms with Gasteiger partial charge in [-0.3, -0.25) is 4.79 Å². The molecular formula is C15H16N2O4. The van der Waals surface area contributed by atoms with Crippen molar-refractivity contribution in [1.82, 2.24) is 0 Å². The summed E-state index contributed by atoms with van der Waals surface area (Å²) < 4.78 is 10.1. The second-order valence-corrected chi connectivity index (χ2v) is 4.29. The Bertz CT molecular complexity index is 671. The van der Waals surface area contributed by atoms with Crippen LogP contribution >= 0.6 is 0 Å². The molecular weight excluding hydrogens is 272 g/mol. The first-order valence-corrected chi connectivity index (χ1v) is 6.17. The van der Waals surface area contributed by atoms with Crippen LogP contribution in [0.5, 0.6) is 17.2 Å². The van der Waals surface area contributed by atoms with Crippen LogP contribution in [0.2, 0.25) is 0 Å². The molecule has 21 heavy (non-hydrogen) atoms. The van der Waals surface area contributed by atoms with E-state index in [1.54, 1.807) is 18.2 Å². The second kappa shape index (κ2) is 6.04. The number of hydrogen-bond acceptors (Lipinski definition) is 5. The summed E-state index contributed by atoms with van der Waals surface area (Å²) in [6.45, 7) is 0. The molecule has 0 aliphatic rings. The summed E-state index contributed by atoms with van der Waals surface area (Å²) in [6.07, 6.45) is 0. The standard InChI is InChI=1S/C15H16N2O4/c1-20-9-3-5-12(16)11(7-9)15(19)17-13-8-10(21-2)4-6-14(13)18/h3-8,18H,16H2,1-2H3,(H,17,19). The van der Waals surface area contributed by atoms with Gasteiger partial charge in [0.25, 0.3) is 5.91 Å². The largest absolute Gasteiger partial charge is 0.506 e. The maximum atomic E-state index is 12.3. The van der Waals surface area contributed by atoms with Crippen LogP contribution in [0.25, 0.3) is 0 Å². The van der Waals surface area contributed by atoms with Crippen molar-refractivity contribution in [2.75, 3.05) is 25.3 Å². The fourth-order valence-electron chi connectivity index (χ4n) is 1.79. The average molecular weight is 288 g/mol. The zero-order valence-corrected chi connectivity index (χ0v) is 11.7. The van der Waals surface area contributed by atoms with Crippen LogP contribution in [0.3, 0.4) is 0 Å². The Morgan fingerprint density at radius 1 is 1.10 bits per heavy atom. The number of methoxy groups -OCH3 is 2. The van der Waals surface area contributed by atoms with E-state index in [0.29, 0.717) is 17.2 Å². The quantitative estimate of drug-likeness (QED) is 0.592. The number of anilines is 2. The molecule has 110 valence electrons. The Morgan fingerprint density at radius 2 is 1.71 bits per heavy atom. The first kappa shape index (κ1) is 14.5. The molecule has 2 rings (SSSR count). The van der Waals surface area contributed by atoms with Gasteiger partial charge in [-0.2, -0.15) is 0 Å². The lowest BCUT2D eigenvalue weighted by molar-refractivity contribution is 0.102. The lowest BCUT2D eigenvalue weighted by Crippen LogP contribution is -2.14. The highest BCUT2D eigenvalue weighted by atomic mass is 16.5. The molecule has 0 saturated carbocycles. The van der Waals surface area contributed by atoms with Crippen LogP contribution in [-0.4, -0.2) is 25.2 Å². The fraction of sp³-hybridized carbons (Fsp3) is 0.133. The summed E-state index contributed by atoms with van der Waals surface area (Å²) in [4.78, 5) is 12.3. The molecule has 0 heterocycles. The third-order valence-electron chi connectivity index (χ3n) is 2.96. The molecule has 0 aromatic heterocycles. The Balaban J connectivity index is 2.29. The van der Waals surface area contributed by atoms with E-state index in [2.05, 4.69) is 5.32 Å². The molecule has 0 aliphatic heterocycles. The van der Waals surface area contributed by atoms with Gasteiger partial charge in [0.2, 0.25) is 0 Å². The number of phenols is 1. The van der Waals surface area contributed by atoms with Crippen molar-refractivity contribution in [3.05, 3.63) is 42.0 Å².